The van der Waals surface area contributed by atoms with E-state index in [1.54, 1.807) is 0 Å². The Morgan fingerprint density at radius 1 is 0.304 bits per heavy atom. The van der Waals surface area contributed by atoms with Crippen LogP contribution in [0.25, 0.3) is 0 Å². The van der Waals surface area contributed by atoms with E-state index in [2.05, 4.69) is 67.8 Å². The molecule has 0 rings (SSSR count). The summed E-state index contributed by atoms with van der Waals surface area (Å²) in [5.41, 5.74) is 0. The number of ether oxygens (including phenoxy) is 1. The molecule has 0 aromatic carbocycles. The Morgan fingerprint density at radius 3 is 0.837 bits per heavy atom. The molecule has 0 radical (unpaired) electrons. The van der Waals surface area contributed by atoms with Crippen molar-refractivity contribution in [2.75, 3.05) is 13.2 Å². The zero-order valence-corrected chi connectivity index (χ0v) is 62.3. The van der Waals surface area contributed by atoms with Crippen LogP contribution in [-0.2, 0) is 14.3 Å². The van der Waals surface area contributed by atoms with E-state index in [0.29, 0.717) is 25.9 Å². The fraction of sp³-hybridized carbons (Fsp3) is 0.884. The van der Waals surface area contributed by atoms with Crippen LogP contribution < -0.4 is 5.32 Å². The SMILES string of the molecule is CCCCCC/C=C\C/C=C\CCCCCCCCCC(=O)OCCCCCCCCCCC/C=C\C/C=C\CCCCCCCCCCCCCCCCCCCC(=O)NC(CO)C(O)CCCCCCCCCCCCCCCCCCCCCCCCCC. The summed E-state index contributed by atoms with van der Waals surface area (Å²) < 4.78 is 5.50. The fourth-order valence-electron chi connectivity index (χ4n) is 13.2. The minimum atomic E-state index is -0.665. The summed E-state index contributed by atoms with van der Waals surface area (Å²) in [5.74, 6) is -0.0202. The third-order valence-corrected chi connectivity index (χ3v) is 19.6. The number of amides is 1. The van der Waals surface area contributed by atoms with Gasteiger partial charge in [-0.05, 0) is 89.9 Å². The Kier molecular flexibility index (Phi) is 79.3. The lowest BCUT2D eigenvalue weighted by atomic mass is 10.0. The topological polar surface area (TPSA) is 95.9 Å². The maximum Gasteiger partial charge on any atom is 0.305 e. The highest BCUT2D eigenvalue weighted by molar-refractivity contribution is 5.76. The van der Waals surface area contributed by atoms with Crippen molar-refractivity contribution in [1.29, 1.82) is 0 Å². The van der Waals surface area contributed by atoms with E-state index in [4.69, 9.17) is 4.74 Å². The van der Waals surface area contributed by atoms with Gasteiger partial charge in [-0.2, -0.15) is 0 Å². The molecule has 0 aliphatic heterocycles. The Hall–Kier alpha value is -2.18. The normalized spacial score (nSPS) is 12.7. The predicted octanol–water partition coefficient (Wildman–Crippen LogP) is 27.9. The third kappa shape index (κ3) is 76.8. The first-order valence-corrected chi connectivity index (χ1v) is 41.9. The number of hydrogen-bond acceptors (Lipinski definition) is 5. The van der Waals surface area contributed by atoms with Crippen LogP contribution in [0.1, 0.15) is 463 Å². The summed E-state index contributed by atoms with van der Waals surface area (Å²) in [6.07, 6.45) is 108. The Morgan fingerprint density at radius 2 is 0.543 bits per heavy atom. The molecule has 2 unspecified atom stereocenters. The average molecular weight is 1290 g/mol. The molecule has 542 valence electrons. The lowest BCUT2D eigenvalue weighted by Crippen LogP contribution is -2.45. The summed E-state index contributed by atoms with van der Waals surface area (Å²) >= 11 is 0. The van der Waals surface area contributed by atoms with Crippen LogP contribution in [0.5, 0.6) is 0 Å². The molecule has 0 spiro atoms. The van der Waals surface area contributed by atoms with E-state index in [0.717, 1.165) is 57.8 Å². The number of allylic oxidation sites excluding steroid dienone is 8. The molecule has 0 heterocycles. The first-order valence-electron chi connectivity index (χ1n) is 41.9. The number of rotatable bonds is 79. The van der Waals surface area contributed by atoms with Crippen LogP contribution in [0.2, 0.25) is 0 Å². The van der Waals surface area contributed by atoms with Crippen LogP contribution in [0.3, 0.4) is 0 Å². The summed E-state index contributed by atoms with van der Waals surface area (Å²) in [6, 6.07) is -0.542. The van der Waals surface area contributed by atoms with Crippen LogP contribution in [0.4, 0.5) is 0 Å². The van der Waals surface area contributed by atoms with Crippen molar-refractivity contribution in [2.24, 2.45) is 0 Å². The van der Waals surface area contributed by atoms with Gasteiger partial charge in [0.1, 0.15) is 0 Å². The smallest absolute Gasteiger partial charge is 0.305 e. The van der Waals surface area contributed by atoms with Gasteiger partial charge in [0.15, 0.2) is 0 Å². The van der Waals surface area contributed by atoms with E-state index in [9.17, 15) is 19.8 Å². The third-order valence-electron chi connectivity index (χ3n) is 19.6. The summed E-state index contributed by atoms with van der Waals surface area (Å²) in [7, 11) is 0. The number of carbonyl (C=O) groups excluding carboxylic acids is 2. The molecule has 0 aromatic heterocycles. The van der Waals surface area contributed by atoms with Crippen molar-refractivity contribution in [3.8, 4) is 0 Å². The van der Waals surface area contributed by atoms with Crippen LogP contribution >= 0.6 is 0 Å². The molecule has 0 aliphatic carbocycles. The molecule has 0 saturated carbocycles. The van der Waals surface area contributed by atoms with Crippen LogP contribution in [0, 0.1) is 0 Å². The maximum atomic E-state index is 12.6. The molecule has 6 heteroatoms. The van der Waals surface area contributed by atoms with Crippen molar-refractivity contribution in [2.45, 2.75) is 475 Å². The maximum absolute atomic E-state index is 12.6. The molecule has 0 aliphatic rings. The molecule has 2 atom stereocenters. The van der Waals surface area contributed by atoms with Gasteiger partial charge >= 0.3 is 5.97 Å². The van der Waals surface area contributed by atoms with Crippen molar-refractivity contribution < 1.29 is 24.5 Å². The van der Waals surface area contributed by atoms with E-state index in [1.807, 2.05) is 0 Å². The van der Waals surface area contributed by atoms with Gasteiger partial charge in [0, 0.05) is 12.8 Å². The van der Waals surface area contributed by atoms with Gasteiger partial charge in [-0.3, -0.25) is 9.59 Å². The molecule has 1 amide bonds. The minimum Gasteiger partial charge on any atom is -0.466 e. The number of carbonyl (C=O) groups is 2. The number of hydrogen-bond donors (Lipinski definition) is 3. The minimum absolute atomic E-state index is 0.00753. The molecule has 6 nitrogen and oxygen atoms in total. The van der Waals surface area contributed by atoms with E-state index in [1.165, 1.54) is 372 Å². The summed E-state index contributed by atoms with van der Waals surface area (Å²) in [6.45, 7) is 4.98. The first kappa shape index (κ1) is 89.8. The Balaban J connectivity index is 3.38. The first-order chi connectivity index (χ1) is 45.5. The van der Waals surface area contributed by atoms with Gasteiger partial charge in [0.2, 0.25) is 5.91 Å². The molecule has 0 bridgehead atoms. The van der Waals surface area contributed by atoms with Crippen molar-refractivity contribution >= 4 is 11.9 Å². The van der Waals surface area contributed by atoms with E-state index >= 15 is 0 Å². The molecule has 0 fully saturated rings. The monoisotopic (exact) mass is 1290 g/mol. The fourth-order valence-corrected chi connectivity index (χ4v) is 13.2. The molecular formula is C86H163NO5. The van der Waals surface area contributed by atoms with Crippen LogP contribution in [0.15, 0.2) is 48.6 Å². The predicted molar refractivity (Wildman–Crippen MR) is 407 cm³/mol. The lowest BCUT2D eigenvalue weighted by molar-refractivity contribution is -0.143. The second kappa shape index (κ2) is 81.2. The molecule has 92 heavy (non-hydrogen) atoms. The van der Waals surface area contributed by atoms with E-state index in [-0.39, 0.29) is 18.5 Å². The van der Waals surface area contributed by atoms with Gasteiger partial charge in [-0.15, -0.1) is 0 Å². The summed E-state index contributed by atoms with van der Waals surface area (Å²) in [5, 5.41) is 23.5. The molecule has 3 N–H and O–H groups in total. The van der Waals surface area contributed by atoms with Gasteiger partial charge in [-0.1, -0.05) is 409 Å². The number of nitrogens with one attached hydrogen (secondary N) is 1. The highest BCUT2D eigenvalue weighted by Crippen LogP contribution is 2.20. The molecular weight excluding hydrogens is 1130 g/mol. The van der Waals surface area contributed by atoms with Crippen molar-refractivity contribution in [1.82, 2.24) is 5.32 Å². The van der Waals surface area contributed by atoms with Crippen molar-refractivity contribution in [3.05, 3.63) is 48.6 Å². The largest absolute Gasteiger partial charge is 0.466 e. The van der Waals surface area contributed by atoms with Crippen LogP contribution in [-0.4, -0.2) is 47.4 Å². The quantitative estimate of drug-likeness (QED) is 0.0320. The number of esters is 1. The summed E-state index contributed by atoms with van der Waals surface area (Å²) in [4.78, 5) is 24.7. The highest BCUT2D eigenvalue weighted by Gasteiger charge is 2.20. The lowest BCUT2D eigenvalue weighted by Gasteiger charge is -2.22. The molecule has 0 aromatic rings. The highest BCUT2D eigenvalue weighted by atomic mass is 16.5. The van der Waals surface area contributed by atoms with Gasteiger partial charge in [0.25, 0.3) is 0 Å². The Bertz CT molecular complexity index is 1540. The number of aliphatic hydroxyl groups excluding tert-OH is 2. The standard InChI is InChI=1S/C86H163NO5/c1-3-5-7-9-11-13-15-17-19-21-23-24-25-37-40-43-46-50-54-58-62-66-70-74-78-84(89)83(82-88)87-85(90)79-75-71-67-63-59-55-51-47-44-41-38-35-33-31-29-27-26-28-30-32-34-36-39-42-45-49-53-57-61-65-69-73-77-81-92-86(91)80-76-72-68-64-60-56-52-48-22-20-18-16-14-12-10-8-6-4-2/h14,16,20,22,30,32,36,39,83-84,88-89H,3-13,15,17-19,21,23-29,31,33-35,37-38,40-82H2,1-2H3,(H,87,90)/b16-14-,22-20-,32-30-,39-36-. The second-order valence-corrected chi connectivity index (χ2v) is 28.8. The zero-order valence-electron chi connectivity index (χ0n) is 62.3. The van der Waals surface area contributed by atoms with Gasteiger partial charge in [-0.25, -0.2) is 0 Å². The Labute approximate surface area is 576 Å². The number of aliphatic hydroxyl groups is 2. The zero-order chi connectivity index (χ0) is 66.3. The second-order valence-electron chi connectivity index (χ2n) is 28.8. The average Bonchev–Trinajstić information content (AvgIpc) is 3.77. The molecule has 0 saturated heterocycles. The van der Waals surface area contributed by atoms with Gasteiger partial charge < -0.3 is 20.3 Å². The van der Waals surface area contributed by atoms with Crippen molar-refractivity contribution in [3.63, 3.8) is 0 Å². The van der Waals surface area contributed by atoms with Gasteiger partial charge in [0.05, 0.1) is 25.4 Å². The number of unbranched alkanes of at least 4 members (excludes halogenated alkanes) is 60. The van der Waals surface area contributed by atoms with E-state index < -0.39 is 12.1 Å².